The topological polar surface area (TPSA) is 56.1 Å². The minimum Gasteiger partial charge on any atom is -0.489 e. The van der Waals surface area contributed by atoms with Crippen LogP contribution in [0.1, 0.15) is 13.8 Å². The molecule has 3 rings (SSSR count). The Morgan fingerprint density at radius 3 is 2.68 bits per heavy atom. The SMILES string of the molecule is CC(C)Oc1ccccc1NC(=O)CSc1nc2ccccc2n1C. The highest BCUT2D eigenvalue weighted by Gasteiger charge is 2.12. The molecule has 1 heterocycles. The number of anilines is 1. The van der Waals surface area contributed by atoms with E-state index in [0.29, 0.717) is 11.4 Å². The van der Waals surface area contributed by atoms with Crippen molar-refractivity contribution in [2.75, 3.05) is 11.1 Å². The van der Waals surface area contributed by atoms with E-state index in [0.717, 1.165) is 16.2 Å². The van der Waals surface area contributed by atoms with E-state index in [1.54, 1.807) is 0 Å². The third kappa shape index (κ3) is 4.14. The number of para-hydroxylation sites is 4. The van der Waals surface area contributed by atoms with Gasteiger partial charge >= 0.3 is 0 Å². The molecule has 25 heavy (non-hydrogen) atoms. The average Bonchev–Trinajstić information content (AvgIpc) is 2.91. The second-order valence-corrected chi connectivity index (χ2v) is 6.88. The van der Waals surface area contributed by atoms with Crippen molar-refractivity contribution in [2.45, 2.75) is 25.1 Å². The highest BCUT2D eigenvalue weighted by molar-refractivity contribution is 7.99. The van der Waals surface area contributed by atoms with Gasteiger partial charge in [0.25, 0.3) is 0 Å². The van der Waals surface area contributed by atoms with Crippen molar-refractivity contribution in [2.24, 2.45) is 7.05 Å². The quantitative estimate of drug-likeness (QED) is 0.677. The van der Waals surface area contributed by atoms with Gasteiger partial charge in [-0.3, -0.25) is 4.79 Å². The summed E-state index contributed by atoms with van der Waals surface area (Å²) in [5, 5.41) is 3.74. The molecule has 0 fully saturated rings. The predicted octanol–water partition coefficient (Wildman–Crippen LogP) is 4.09. The molecule has 0 unspecified atom stereocenters. The molecule has 0 radical (unpaired) electrons. The van der Waals surface area contributed by atoms with Crippen molar-refractivity contribution >= 4 is 34.4 Å². The largest absolute Gasteiger partial charge is 0.489 e. The lowest BCUT2D eigenvalue weighted by atomic mass is 10.3. The molecule has 1 amide bonds. The fourth-order valence-electron chi connectivity index (χ4n) is 2.50. The molecule has 0 atom stereocenters. The number of nitrogens with zero attached hydrogens (tertiary/aromatic N) is 2. The van der Waals surface area contributed by atoms with E-state index in [2.05, 4.69) is 10.3 Å². The van der Waals surface area contributed by atoms with E-state index >= 15 is 0 Å². The van der Waals surface area contributed by atoms with Crippen LogP contribution in [-0.4, -0.2) is 27.3 Å². The lowest BCUT2D eigenvalue weighted by molar-refractivity contribution is -0.113. The third-order valence-electron chi connectivity index (χ3n) is 3.60. The summed E-state index contributed by atoms with van der Waals surface area (Å²) in [5.41, 5.74) is 2.68. The molecular weight excluding hydrogens is 334 g/mol. The molecule has 1 N–H and O–H groups in total. The third-order valence-corrected chi connectivity index (χ3v) is 4.63. The Balaban J connectivity index is 1.66. The van der Waals surface area contributed by atoms with Crippen LogP contribution in [0.15, 0.2) is 53.7 Å². The number of imidazole rings is 1. The molecule has 1 aromatic heterocycles. The van der Waals surface area contributed by atoms with Gasteiger partial charge < -0.3 is 14.6 Å². The Morgan fingerprint density at radius 1 is 1.20 bits per heavy atom. The Bertz CT molecular complexity index is 889. The zero-order valence-electron chi connectivity index (χ0n) is 14.5. The first-order chi connectivity index (χ1) is 12.0. The summed E-state index contributed by atoms with van der Waals surface area (Å²) < 4.78 is 7.73. The highest BCUT2D eigenvalue weighted by Crippen LogP contribution is 2.26. The van der Waals surface area contributed by atoms with Gasteiger partial charge in [-0.2, -0.15) is 0 Å². The summed E-state index contributed by atoms with van der Waals surface area (Å²) in [4.78, 5) is 16.9. The number of thioether (sulfide) groups is 1. The Hall–Kier alpha value is -2.47. The van der Waals surface area contributed by atoms with Crippen molar-refractivity contribution in [3.05, 3.63) is 48.5 Å². The Morgan fingerprint density at radius 2 is 1.92 bits per heavy atom. The summed E-state index contributed by atoms with van der Waals surface area (Å²) in [6.45, 7) is 3.92. The highest BCUT2D eigenvalue weighted by atomic mass is 32.2. The van der Waals surface area contributed by atoms with E-state index in [9.17, 15) is 4.79 Å². The summed E-state index contributed by atoms with van der Waals surface area (Å²) in [5.74, 6) is 0.878. The number of hydrogen-bond donors (Lipinski definition) is 1. The molecule has 6 heteroatoms. The molecule has 5 nitrogen and oxygen atoms in total. The van der Waals surface area contributed by atoms with E-state index in [1.807, 2.05) is 74.0 Å². The number of nitrogens with one attached hydrogen (secondary N) is 1. The molecule has 0 aliphatic heterocycles. The van der Waals surface area contributed by atoms with Gasteiger partial charge in [0.05, 0.1) is 28.6 Å². The Kier molecular flexibility index (Phi) is 5.28. The molecule has 0 aliphatic rings. The van der Waals surface area contributed by atoms with Crippen LogP contribution >= 0.6 is 11.8 Å². The van der Waals surface area contributed by atoms with Crippen molar-refractivity contribution in [3.63, 3.8) is 0 Å². The van der Waals surface area contributed by atoms with Gasteiger partial charge in [-0.25, -0.2) is 4.98 Å². The number of carbonyl (C=O) groups excluding carboxylic acids is 1. The maximum atomic E-state index is 12.3. The number of amides is 1. The van der Waals surface area contributed by atoms with Crippen LogP contribution < -0.4 is 10.1 Å². The van der Waals surface area contributed by atoms with Crippen LogP contribution in [0.2, 0.25) is 0 Å². The van der Waals surface area contributed by atoms with Crippen LogP contribution in [0.5, 0.6) is 5.75 Å². The average molecular weight is 355 g/mol. The molecule has 2 aromatic carbocycles. The van der Waals surface area contributed by atoms with Crippen molar-refractivity contribution < 1.29 is 9.53 Å². The molecular formula is C19H21N3O2S. The summed E-state index contributed by atoms with van der Waals surface area (Å²) in [7, 11) is 1.96. The number of ether oxygens (including phenoxy) is 1. The first kappa shape index (κ1) is 17.4. The number of aryl methyl sites for hydroxylation is 1. The maximum absolute atomic E-state index is 12.3. The van der Waals surface area contributed by atoms with E-state index in [-0.39, 0.29) is 17.8 Å². The predicted molar refractivity (Wildman–Crippen MR) is 102 cm³/mol. The molecule has 0 spiro atoms. The van der Waals surface area contributed by atoms with Crippen LogP contribution in [0.3, 0.4) is 0 Å². The van der Waals surface area contributed by atoms with E-state index < -0.39 is 0 Å². The zero-order chi connectivity index (χ0) is 17.8. The van der Waals surface area contributed by atoms with E-state index in [1.165, 1.54) is 11.8 Å². The fraction of sp³-hybridized carbons (Fsp3) is 0.263. The van der Waals surface area contributed by atoms with Gasteiger partial charge in [-0.1, -0.05) is 36.0 Å². The molecule has 0 saturated heterocycles. The minimum atomic E-state index is -0.0862. The van der Waals surface area contributed by atoms with Crippen LogP contribution in [0.4, 0.5) is 5.69 Å². The summed E-state index contributed by atoms with van der Waals surface area (Å²) in [6, 6.07) is 15.4. The van der Waals surface area contributed by atoms with Gasteiger partial charge in [0.2, 0.25) is 5.91 Å². The van der Waals surface area contributed by atoms with Crippen LogP contribution in [0.25, 0.3) is 11.0 Å². The monoisotopic (exact) mass is 355 g/mol. The zero-order valence-corrected chi connectivity index (χ0v) is 15.3. The number of aromatic nitrogens is 2. The Labute approximate surface area is 151 Å². The number of benzene rings is 2. The van der Waals surface area contributed by atoms with Gasteiger partial charge in [0, 0.05) is 7.05 Å². The summed E-state index contributed by atoms with van der Waals surface area (Å²) >= 11 is 1.42. The van der Waals surface area contributed by atoms with Gasteiger partial charge in [-0.05, 0) is 38.1 Å². The lowest BCUT2D eigenvalue weighted by Gasteiger charge is -2.14. The van der Waals surface area contributed by atoms with Crippen LogP contribution in [0, 0.1) is 0 Å². The maximum Gasteiger partial charge on any atom is 0.234 e. The van der Waals surface area contributed by atoms with Crippen molar-refractivity contribution in [1.29, 1.82) is 0 Å². The van der Waals surface area contributed by atoms with Gasteiger partial charge in [-0.15, -0.1) is 0 Å². The first-order valence-electron chi connectivity index (χ1n) is 8.14. The van der Waals surface area contributed by atoms with Crippen molar-refractivity contribution in [3.8, 4) is 5.75 Å². The summed E-state index contributed by atoms with van der Waals surface area (Å²) in [6.07, 6.45) is 0.0485. The van der Waals surface area contributed by atoms with Crippen molar-refractivity contribution in [1.82, 2.24) is 9.55 Å². The molecule has 0 bridgehead atoms. The standard InChI is InChI=1S/C19H21N3O2S/c1-13(2)24-17-11-7-5-9-15(17)20-18(23)12-25-19-21-14-8-4-6-10-16(14)22(19)3/h4-11,13H,12H2,1-3H3,(H,20,23). The van der Waals surface area contributed by atoms with Crippen LogP contribution in [-0.2, 0) is 11.8 Å². The smallest absolute Gasteiger partial charge is 0.234 e. The fourth-order valence-corrected chi connectivity index (χ4v) is 3.28. The number of carbonyl (C=O) groups is 1. The number of rotatable bonds is 6. The minimum absolute atomic E-state index is 0.0485. The number of hydrogen-bond acceptors (Lipinski definition) is 4. The molecule has 0 aliphatic carbocycles. The number of fused-ring (bicyclic) bond motifs is 1. The van der Waals surface area contributed by atoms with Gasteiger partial charge in [0.1, 0.15) is 5.75 Å². The molecule has 130 valence electrons. The second-order valence-electron chi connectivity index (χ2n) is 5.94. The first-order valence-corrected chi connectivity index (χ1v) is 9.13. The van der Waals surface area contributed by atoms with Gasteiger partial charge in [0.15, 0.2) is 5.16 Å². The molecule has 3 aromatic rings. The molecule has 0 saturated carbocycles. The van der Waals surface area contributed by atoms with E-state index in [4.69, 9.17) is 4.74 Å². The second kappa shape index (κ2) is 7.61. The lowest BCUT2D eigenvalue weighted by Crippen LogP contribution is -2.16. The normalized spacial score (nSPS) is 11.0.